The molecule has 1 aliphatic heterocycles. The van der Waals surface area contributed by atoms with Gasteiger partial charge in [-0.05, 0) is 30.4 Å². The van der Waals surface area contributed by atoms with Crippen molar-refractivity contribution in [2.45, 2.75) is 32.7 Å². The van der Waals surface area contributed by atoms with Crippen LogP contribution in [-0.4, -0.2) is 34.7 Å². The Kier molecular flexibility index (Phi) is 3.97. The van der Waals surface area contributed by atoms with E-state index >= 15 is 0 Å². The fraction of sp³-hybridized carbons (Fsp3) is 0.467. The number of carboxylic acid groups (broad SMARTS) is 1. The molecule has 0 aliphatic carbocycles. The fourth-order valence-corrected chi connectivity index (χ4v) is 2.70. The number of rotatable bonds is 2. The van der Waals surface area contributed by atoms with E-state index in [0.29, 0.717) is 12.3 Å². The van der Waals surface area contributed by atoms with E-state index in [-0.39, 0.29) is 0 Å². The van der Waals surface area contributed by atoms with Crippen molar-refractivity contribution in [2.24, 2.45) is 5.41 Å². The van der Waals surface area contributed by atoms with Gasteiger partial charge in [-0.3, -0.25) is 4.90 Å². The number of likely N-dealkylation sites (tertiary alicyclic amines) is 1. The normalized spacial score (nSPS) is 21.3. The largest absolute Gasteiger partial charge is 0.480 e. The second-order valence-corrected chi connectivity index (χ2v) is 5.71. The van der Waals surface area contributed by atoms with Gasteiger partial charge in [0.25, 0.3) is 0 Å². The standard InChI is InChI=1S/C15H19NO4/c1-15(2)9-6-10-16(12(15)13(17)18)14(19)20-11-7-4-3-5-8-11/h3-5,7-8,12H,6,9-10H2,1-2H3,(H,17,18). The molecule has 2 rings (SSSR count). The minimum absolute atomic E-state index is 0.409. The van der Waals surface area contributed by atoms with Crippen molar-refractivity contribution in [3.05, 3.63) is 30.3 Å². The van der Waals surface area contributed by atoms with Crippen LogP contribution in [0.1, 0.15) is 26.7 Å². The second-order valence-electron chi connectivity index (χ2n) is 5.71. The van der Waals surface area contributed by atoms with Gasteiger partial charge in [0.05, 0.1) is 0 Å². The molecule has 1 aromatic carbocycles. The van der Waals surface area contributed by atoms with Crippen LogP contribution in [-0.2, 0) is 4.79 Å². The molecule has 0 bridgehead atoms. The number of piperidine rings is 1. The Morgan fingerprint density at radius 3 is 2.55 bits per heavy atom. The van der Waals surface area contributed by atoms with Crippen molar-refractivity contribution in [3.63, 3.8) is 0 Å². The number of carboxylic acids is 1. The Bertz CT molecular complexity index is 498. The van der Waals surface area contributed by atoms with Gasteiger partial charge < -0.3 is 9.84 Å². The Labute approximate surface area is 118 Å². The van der Waals surface area contributed by atoms with Crippen molar-refractivity contribution in [3.8, 4) is 5.75 Å². The van der Waals surface area contributed by atoms with Crippen molar-refractivity contribution < 1.29 is 19.4 Å². The third kappa shape index (κ3) is 2.92. The summed E-state index contributed by atoms with van der Waals surface area (Å²) >= 11 is 0. The molecule has 1 fully saturated rings. The summed E-state index contributed by atoms with van der Waals surface area (Å²) in [5.41, 5.74) is -0.459. The predicted octanol–water partition coefficient (Wildman–Crippen LogP) is 2.76. The van der Waals surface area contributed by atoms with Crippen molar-refractivity contribution >= 4 is 12.1 Å². The lowest BCUT2D eigenvalue weighted by Crippen LogP contribution is -2.57. The van der Waals surface area contributed by atoms with Crippen LogP contribution < -0.4 is 4.74 Å². The monoisotopic (exact) mass is 277 g/mol. The molecule has 1 aliphatic rings. The van der Waals surface area contributed by atoms with Crippen LogP contribution in [0.15, 0.2) is 30.3 Å². The topological polar surface area (TPSA) is 66.8 Å². The quantitative estimate of drug-likeness (QED) is 0.902. The molecule has 1 amide bonds. The summed E-state index contributed by atoms with van der Waals surface area (Å²) in [7, 11) is 0. The van der Waals surface area contributed by atoms with E-state index in [0.717, 1.165) is 12.8 Å². The van der Waals surface area contributed by atoms with E-state index in [1.165, 1.54) is 4.90 Å². The van der Waals surface area contributed by atoms with Gasteiger partial charge in [-0.1, -0.05) is 32.0 Å². The number of para-hydroxylation sites is 1. The first kappa shape index (κ1) is 14.4. The molecule has 1 unspecified atom stereocenters. The molecule has 1 heterocycles. The number of carbonyl (C=O) groups is 2. The van der Waals surface area contributed by atoms with Crippen molar-refractivity contribution in [2.75, 3.05) is 6.54 Å². The maximum Gasteiger partial charge on any atom is 0.416 e. The third-order valence-electron chi connectivity index (χ3n) is 3.69. The van der Waals surface area contributed by atoms with E-state index < -0.39 is 23.5 Å². The number of ether oxygens (including phenoxy) is 1. The zero-order chi connectivity index (χ0) is 14.8. The van der Waals surface area contributed by atoms with Gasteiger partial charge in [0.1, 0.15) is 11.8 Å². The highest BCUT2D eigenvalue weighted by atomic mass is 16.6. The van der Waals surface area contributed by atoms with E-state index in [9.17, 15) is 14.7 Å². The van der Waals surface area contributed by atoms with Crippen LogP contribution >= 0.6 is 0 Å². The van der Waals surface area contributed by atoms with Gasteiger partial charge in [-0.2, -0.15) is 0 Å². The van der Waals surface area contributed by atoms with Gasteiger partial charge in [0.2, 0.25) is 0 Å². The number of nitrogens with zero attached hydrogens (tertiary/aromatic N) is 1. The van der Waals surface area contributed by atoms with Crippen LogP contribution in [0.2, 0.25) is 0 Å². The van der Waals surface area contributed by atoms with Crippen molar-refractivity contribution in [1.82, 2.24) is 4.90 Å². The van der Waals surface area contributed by atoms with Gasteiger partial charge >= 0.3 is 12.1 Å². The number of aliphatic carboxylic acids is 1. The fourth-order valence-electron chi connectivity index (χ4n) is 2.70. The lowest BCUT2D eigenvalue weighted by atomic mass is 9.76. The molecule has 108 valence electrons. The third-order valence-corrected chi connectivity index (χ3v) is 3.69. The number of carbonyl (C=O) groups excluding carboxylic acids is 1. The molecule has 5 heteroatoms. The maximum atomic E-state index is 12.2. The lowest BCUT2D eigenvalue weighted by molar-refractivity contribution is -0.149. The summed E-state index contributed by atoms with van der Waals surface area (Å²) < 4.78 is 5.25. The minimum atomic E-state index is -0.986. The summed E-state index contributed by atoms with van der Waals surface area (Å²) in [4.78, 5) is 25.0. The minimum Gasteiger partial charge on any atom is -0.480 e. The molecule has 1 saturated heterocycles. The molecule has 0 saturated carbocycles. The highest BCUT2D eigenvalue weighted by Crippen LogP contribution is 2.35. The zero-order valence-corrected chi connectivity index (χ0v) is 11.7. The van der Waals surface area contributed by atoms with Crippen LogP contribution in [0.4, 0.5) is 4.79 Å². The molecule has 1 aromatic rings. The van der Waals surface area contributed by atoms with Crippen LogP contribution in [0, 0.1) is 5.41 Å². The van der Waals surface area contributed by atoms with E-state index in [2.05, 4.69) is 0 Å². The first-order valence-corrected chi connectivity index (χ1v) is 6.68. The maximum absolute atomic E-state index is 12.2. The molecular formula is C15H19NO4. The molecule has 0 radical (unpaired) electrons. The van der Waals surface area contributed by atoms with Gasteiger partial charge in [0.15, 0.2) is 0 Å². The second kappa shape index (κ2) is 5.53. The number of benzene rings is 1. The summed E-state index contributed by atoms with van der Waals surface area (Å²) in [5, 5.41) is 9.41. The highest BCUT2D eigenvalue weighted by molar-refractivity contribution is 5.82. The molecule has 1 N–H and O–H groups in total. The predicted molar refractivity (Wildman–Crippen MR) is 73.6 cm³/mol. The van der Waals surface area contributed by atoms with Gasteiger partial charge in [0, 0.05) is 6.54 Å². The SMILES string of the molecule is CC1(C)CCCN(C(=O)Oc2ccccc2)C1C(=O)O. The summed E-state index contributed by atoms with van der Waals surface area (Å²) in [6, 6.07) is 7.83. The smallest absolute Gasteiger partial charge is 0.416 e. The summed E-state index contributed by atoms with van der Waals surface area (Å²) in [6.07, 6.45) is 0.955. The molecule has 0 aromatic heterocycles. The lowest BCUT2D eigenvalue weighted by Gasteiger charge is -2.43. The van der Waals surface area contributed by atoms with Gasteiger partial charge in [-0.15, -0.1) is 0 Å². The molecule has 1 atom stereocenters. The number of hydrogen-bond donors (Lipinski definition) is 1. The number of amides is 1. The molecule has 0 spiro atoms. The molecule has 5 nitrogen and oxygen atoms in total. The van der Waals surface area contributed by atoms with E-state index in [1.54, 1.807) is 24.3 Å². The first-order valence-electron chi connectivity index (χ1n) is 6.68. The van der Waals surface area contributed by atoms with Crippen LogP contribution in [0.3, 0.4) is 0 Å². The Morgan fingerprint density at radius 1 is 1.30 bits per heavy atom. The van der Waals surface area contributed by atoms with Crippen molar-refractivity contribution in [1.29, 1.82) is 0 Å². The van der Waals surface area contributed by atoms with Gasteiger partial charge in [-0.25, -0.2) is 9.59 Å². The highest BCUT2D eigenvalue weighted by Gasteiger charge is 2.45. The zero-order valence-electron chi connectivity index (χ0n) is 11.7. The summed E-state index contributed by atoms with van der Waals surface area (Å²) in [6.45, 7) is 4.15. The Hall–Kier alpha value is -2.04. The first-order chi connectivity index (χ1) is 9.42. The Morgan fingerprint density at radius 2 is 1.95 bits per heavy atom. The number of hydrogen-bond acceptors (Lipinski definition) is 3. The van der Waals surface area contributed by atoms with E-state index in [1.807, 2.05) is 19.9 Å². The molecule has 20 heavy (non-hydrogen) atoms. The average Bonchev–Trinajstić information content (AvgIpc) is 2.37. The summed E-state index contributed by atoms with van der Waals surface area (Å²) in [5.74, 6) is -0.565. The van der Waals surface area contributed by atoms with Crippen LogP contribution in [0.25, 0.3) is 0 Å². The molecular weight excluding hydrogens is 258 g/mol. The Balaban J connectivity index is 2.17. The average molecular weight is 277 g/mol. The van der Waals surface area contributed by atoms with Crippen LogP contribution in [0.5, 0.6) is 5.75 Å². The van der Waals surface area contributed by atoms with E-state index in [4.69, 9.17) is 4.74 Å².